The molecule has 2 N–H and O–H groups in total. The van der Waals surface area contributed by atoms with Gasteiger partial charge in [-0.15, -0.1) is 0 Å². The van der Waals surface area contributed by atoms with Crippen LogP contribution in [0.15, 0.2) is 24.3 Å². The standard InChI is InChI=1S/C22H26N6O2/c1-14(15-5-7-16(25-2)8-6-15)28-18-10-20(22(28)30)26(12-18)13-19(24)21(29)27-9-3-4-17(27)11-23/h5-8,14,17-20H,3-4,9-10,12-13,24H2,1H3/t14-,17-,18+,19-,20+/m0/s1. The number of carbonyl (C=O) groups is 2. The molecule has 8 heteroatoms. The first-order chi connectivity index (χ1) is 14.4. The SMILES string of the molecule is [C-]#[N+]c1ccc([C@H](C)N2C(=O)[C@H]3C[C@@H]2CN3C[C@H](N)C(=O)N2CCC[C@H]2C#N)cc1. The van der Waals surface area contributed by atoms with E-state index >= 15 is 0 Å². The second-order valence-corrected chi connectivity index (χ2v) is 8.41. The summed E-state index contributed by atoms with van der Waals surface area (Å²) >= 11 is 0. The van der Waals surface area contributed by atoms with Crippen LogP contribution in [0.2, 0.25) is 0 Å². The highest BCUT2D eigenvalue weighted by atomic mass is 16.2. The summed E-state index contributed by atoms with van der Waals surface area (Å²) in [6.07, 6.45) is 2.27. The number of nitrogens with two attached hydrogens (primary N) is 1. The van der Waals surface area contributed by atoms with Crippen LogP contribution < -0.4 is 5.73 Å². The summed E-state index contributed by atoms with van der Waals surface area (Å²) in [7, 11) is 0. The van der Waals surface area contributed by atoms with Crippen molar-refractivity contribution in [3.05, 3.63) is 41.2 Å². The quantitative estimate of drug-likeness (QED) is 0.746. The van der Waals surface area contributed by atoms with E-state index in [9.17, 15) is 14.9 Å². The van der Waals surface area contributed by atoms with Crippen molar-refractivity contribution >= 4 is 17.5 Å². The summed E-state index contributed by atoms with van der Waals surface area (Å²) in [5.41, 5.74) is 7.79. The molecule has 2 amide bonds. The van der Waals surface area contributed by atoms with Crippen LogP contribution in [0.1, 0.15) is 37.8 Å². The number of amides is 2. The van der Waals surface area contributed by atoms with Gasteiger partial charge in [0.15, 0.2) is 5.69 Å². The molecule has 3 fully saturated rings. The monoisotopic (exact) mass is 406 g/mol. The van der Waals surface area contributed by atoms with Crippen LogP contribution in [0.3, 0.4) is 0 Å². The van der Waals surface area contributed by atoms with Crippen LogP contribution in [-0.2, 0) is 9.59 Å². The first kappa shape index (κ1) is 20.3. The van der Waals surface area contributed by atoms with Crippen LogP contribution in [-0.4, -0.2) is 70.3 Å². The molecule has 0 aliphatic carbocycles. The maximum Gasteiger partial charge on any atom is 0.241 e. The van der Waals surface area contributed by atoms with E-state index in [0.29, 0.717) is 31.7 Å². The molecule has 1 aromatic carbocycles. The van der Waals surface area contributed by atoms with E-state index in [1.807, 2.05) is 28.9 Å². The molecular weight excluding hydrogens is 380 g/mol. The highest BCUT2D eigenvalue weighted by Crippen LogP contribution is 2.38. The molecule has 3 saturated heterocycles. The van der Waals surface area contributed by atoms with Gasteiger partial charge in [0, 0.05) is 25.7 Å². The van der Waals surface area contributed by atoms with Gasteiger partial charge in [0.2, 0.25) is 11.8 Å². The smallest absolute Gasteiger partial charge is 0.241 e. The van der Waals surface area contributed by atoms with E-state index in [1.54, 1.807) is 17.0 Å². The number of hydrogen-bond acceptors (Lipinski definition) is 5. The minimum absolute atomic E-state index is 0.0641. The van der Waals surface area contributed by atoms with Crippen LogP contribution in [0, 0.1) is 17.9 Å². The maximum absolute atomic E-state index is 13.1. The van der Waals surface area contributed by atoms with E-state index < -0.39 is 6.04 Å². The number of likely N-dealkylation sites (tertiary alicyclic amines) is 3. The lowest BCUT2D eigenvalue weighted by molar-refractivity contribution is -0.140. The molecule has 0 saturated carbocycles. The van der Waals surface area contributed by atoms with Crippen molar-refractivity contribution in [2.45, 2.75) is 56.4 Å². The number of piperazine rings is 1. The van der Waals surface area contributed by atoms with E-state index in [2.05, 4.69) is 10.9 Å². The van der Waals surface area contributed by atoms with Crippen molar-refractivity contribution < 1.29 is 9.59 Å². The number of fused-ring (bicyclic) bond motifs is 2. The molecule has 30 heavy (non-hydrogen) atoms. The molecule has 8 nitrogen and oxygen atoms in total. The Morgan fingerprint density at radius 1 is 1.40 bits per heavy atom. The number of hydrogen-bond donors (Lipinski definition) is 1. The molecule has 0 aromatic heterocycles. The summed E-state index contributed by atoms with van der Waals surface area (Å²) in [5.74, 6) is -0.122. The van der Waals surface area contributed by atoms with Crippen LogP contribution in [0.4, 0.5) is 5.69 Å². The van der Waals surface area contributed by atoms with Crippen LogP contribution in [0.25, 0.3) is 4.85 Å². The van der Waals surface area contributed by atoms with Gasteiger partial charge in [-0.3, -0.25) is 14.5 Å². The molecule has 0 unspecified atom stereocenters. The fourth-order valence-corrected chi connectivity index (χ4v) is 5.10. The molecule has 156 valence electrons. The van der Waals surface area contributed by atoms with Gasteiger partial charge in [0.05, 0.1) is 30.8 Å². The summed E-state index contributed by atoms with van der Waals surface area (Å²) in [6, 6.07) is 8.23. The van der Waals surface area contributed by atoms with Crippen molar-refractivity contribution in [2.75, 3.05) is 19.6 Å². The van der Waals surface area contributed by atoms with Crippen molar-refractivity contribution in [3.8, 4) is 6.07 Å². The van der Waals surface area contributed by atoms with Crippen LogP contribution in [0.5, 0.6) is 0 Å². The fourth-order valence-electron chi connectivity index (χ4n) is 5.10. The normalized spacial score (nSPS) is 27.7. The Labute approximate surface area is 176 Å². The number of carbonyl (C=O) groups excluding carboxylic acids is 2. The second kappa shape index (κ2) is 8.06. The Kier molecular flexibility index (Phi) is 5.46. The van der Waals surface area contributed by atoms with E-state index in [0.717, 1.165) is 18.4 Å². The summed E-state index contributed by atoms with van der Waals surface area (Å²) in [6.45, 7) is 10.7. The molecule has 0 spiro atoms. The van der Waals surface area contributed by atoms with Gasteiger partial charge in [-0.1, -0.05) is 24.3 Å². The zero-order chi connectivity index (χ0) is 21.4. The third-order valence-corrected chi connectivity index (χ3v) is 6.67. The minimum atomic E-state index is -0.724. The van der Waals surface area contributed by atoms with Gasteiger partial charge in [0.1, 0.15) is 6.04 Å². The zero-order valence-corrected chi connectivity index (χ0v) is 17.1. The van der Waals surface area contributed by atoms with Gasteiger partial charge < -0.3 is 15.5 Å². The lowest BCUT2D eigenvalue weighted by Gasteiger charge is -2.38. The first-order valence-corrected chi connectivity index (χ1v) is 10.4. The number of nitrogens with zero attached hydrogens (tertiary/aromatic N) is 5. The van der Waals surface area contributed by atoms with E-state index in [1.165, 1.54) is 0 Å². The largest absolute Gasteiger partial charge is 0.330 e. The molecule has 2 bridgehead atoms. The third-order valence-electron chi connectivity index (χ3n) is 6.67. The number of nitriles is 1. The minimum Gasteiger partial charge on any atom is -0.330 e. The van der Waals surface area contributed by atoms with E-state index in [4.69, 9.17) is 12.3 Å². The molecule has 3 aliphatic rings. The van der Waals surface area contributed by atoms with Gasteiger partial charge in [-0.05, 0) is 31.7 Å². The van der Waals surface area contributed by atoms with Crippen molar-refractivity contribution in [2.24, 2.45) is 5.73 Å². The first-order valence-electron chi connectivity index (χ1n) is 10.4. The number of benzene rings is 1. The predicted octanol–water partition coefficient (Wildman–Crippen LogP) is 1.43. The fraction of sp³-hybridized carbons (Fsp3) is 0.545. The summed E-state index contributed by atoms with van der Waals surface area (Å²) in [4.78, 5) is 34.7. The van der Waals surface area contributed by atoms with E-state index in [-0.39, 0.29) is 36.0 Å². The molecule has 0 radical (unpaired) electrons. The van der Waals surface area contributed by atoms with Crippen molar-refractivity contribution in [3.63, 3.8) is 0 Å². The zero-order valence-electron chi connectivity index (χ0n) is 17.1. The Morgan fingerprint density at radius 2 is 2.13 bits per heavy atom. The second-order valence-electron chi connectivity index (χ2n) is 8.41. The Balaban J connectivity index is 1.39. The Morgan fingerprint density at radius 3 is 2.77 bits per heavy atom. The average Bonchev–Trinajstić information content (AvgIpc) is 3.47. The van der Waals surface area contributed by atoms with Gasteiger partial charge in [0.25, 0.3) is 0 Å². The van der Waals surface area contributed by atoms with Crippen LogP contribution >= 0.6 is 0 Å². The molecule has 1 aromatic rings. The third kappa shape index (κ3) is 3.43. The molecule has 4 rings (SSSR count). The predicted molar refractivity (Wildman–Crippen MR) is 110 cm³/mol. The van der Waals surface area contributed by atoms with Crippen molar-refractivity contribution in [1.82, 2.24) is 14.7 Å². The number of rotatable bonds is 5. The summed E-state index contributed by atoms with van der Waals surface area (Å²) in [5, 5.41) is 9.22. The topological polar surface area (TPSA) is 98.0 Å². The average molecular weight is 406 g/mol. The van der Waals surface area contributed by atoms with Gasteiger partial charge >= 0.3 is 0 Å². The highest BCUT2D eigenvalue weighted by Gasteiger charge is 2.51. The van der Waals surface area contributed by atoms with Crippen molar-refractivity contribution in [1.29, 1.82) is 5.26 Å². The Hall–Kier alpha value is -2.94. The molecular formula is C22H26N6O2. The van der Waals surface area contributed by atoms with Gasteiger partial charge in [-0.2, -0.15) is 5.26 Å². The molecule has 3 heterocycles. The maximum atomic E-state index is 13.1. The lowest BCUT2D eigenvalue weighted by atomic mass is 10.0. The lowest BCUT2D eigenvalue weighted by Crippen LogP contribution is -2.56. The molecule has 5 atom stereocenters. The Bertz CT molecular complexity index is 917. The summed E-state index contributed by atoms with van der Waals surface area (Å²) < 4.78 is 0. The van der Waals surface area contributed by atoms with Gasteiger partial charge in [-0.25, -0.2) is 4.85 Å². The molecule has 3 aliphatic heterocycles. The highest BCUT2D eigenvalue weighted by molar-refractivity contribution is 5.87.